The van der Waals surface area contributed by atoms with Gasteiger partial charge in [0, 0.05) is 26.1 Å². The third kappa shape index (κ3) is 38.4. The lowest BCUT2D eigenvalue weighted by Crippen LogP contribution is -2.39. The van der Waals surface area contributed by atoms with Crippen LogP contribution in [0, 0.1) is 17.8 Å². The van der Waals surface area contributed by atoms with Crippen molar-refractivity contribution in [2.24, 2.45) is 17.8 Å². The van der Waals surface area contributed by atoms with Gasteiger partial charge >= 0.3 is 5.97 Å². The maximum atomic E-state index is 12.4. The van der Waals surface area contributed by atoms with Crippen molar-refractivity contribution in [2.75, 3.05) is 39.5 Å². The van der Waals surface area contributed by atoms with Crippen LogP contribution in [0.3, 0.4) is 0 Å². The van der Waals surface area contributed by atoms with Crippen molar-refractivity contribution in [2.45, 2.75) is 252 Å². The summed E-state index contributed by atoms with van der Waals surface area (Å²) in [5.74, 6) is 2.63. The first kappa shape index (κ1) is 54.9. The molecule has 0 aromatic heterocycles. The summed E-state index contributed by atoms with van der Waals surface area (Å²) < 4.78 is 11.3. The van der Waals surface area contributed by atoms with Gasteiger partial charge in [-0.05, 0) is 43.4 Å². The molecular formula is C50H99NO5. The fourth-order valence-corrected chi connectivity index (χ4v) is 8.82. The van der Waals surface area contributed by atoms with Crippen LogP contribution in [-0.2, 0) is 19.1 Å². The molecule has 1 aliphatic heterocycles. The van der Waals surface area contributed by atoms with Gasteiger partial charge in [-0.1, -0.05) is 220 Å². The van der Waals surface area contributed by atoms with E-state index in [-0.39, 0.29) is 12.4 Å². The molecule has 0 aromatic carbocycles. The Hall–Kier alpha value is -1.14. The molecule has 1 unspecified atom stereocenters. The Kier molecular flexibility index (Phi) is 44.0. The van der Waals surface area contributed by atoms with Gasteiger partial charge in [0.05, 0.1) is 19.8 Å². The standard InChI is InChI=1S/C49H97NO3.CH2O2/c1-5-9-23-31-46(32-24-10-6-2)35-27-19-15-13-14-16-20-28-36-48(45-50-40-43-52-44-41-50)37-29-21-17-18-22-30-38-49(51)53-42-39-47(33-25-11-7-3)34-26-12-8-4;2-1-3/h46-48H,5-45H2,1-4H3;1H,(H,2,3). The molecule has 6 nitrogen and oxygen atoms in total. The zero-order chi connectivity index (χ0) is 41.0. The van der Waals surface area contributed by atoms with Crippen LogP contribution in [0.15, 0.2) is 0 Å². The fraction of sp³-hybridized carbons (Fsp3) is 0.960. The van der Waals surface area contributed by atoms with Crippen LogP contribution in [0.5, 0.6) is 0 Å². The zero-order valence-corrected chi connectivity index (χ0v) is 38.3. The van der Waals surface area contributed by atoms with E-state index in [1.165, 1.54) is 212 Å². The lowest BCUT2D eigenvalue weighted by Gasteiger charge is -2.30. The number of unbranched alkanes of at least 4 members (excludes halogenated alkanes) is 20. The highest BCUT2D eigenvalue weighted by atomic mass is 16.5. The molecule has 0 spiro atoms. The van der Waals surface area contributed by atoms with Gasteiger partial charge in [0.15, 0.2) is 0 Å². The third-order valence-corrected chi connectivity index (χ3v) is 12.5. The van der Waals surface area contributed by atoms with Crippen LogP contribution in [-0.4, -0.2) is 61.9 Å². The smallest absolute Gasteiger partial charge is 0.305 e. The van der Waals surface area contributed by atoms with E-state index in [9.17, 15) is 4.79 Å². The highest BCUT2D eigenvalue weighted by Crippen LogP contribution is 2.25. The number of carbonyl (C=O) groups is 2. The number of esters is 1. The SMILES string of the molecule is CCCCCC(CCCCC)CCCCCCCCCCC(CCCCCCCCC(=O)OCCC(CCCCC)CCCCC)CN1CCOCC1.O=CO. The minimum Gasteiger partial charge on any atom is -0.483 e. The molecule has 0 aliphatic carbocycles. The summed E-state index contributed by atoms with van der Waals surface area (Å²) in [6.45, 7) is 15.0. The van der Waals surface area contributed by atoms with Gasteiger partial charge in [-0.3, -0.25) is 14.5 Å². The van der Waals surface area contributed by atoms with Crippen LogP contribution in [0.2, 0.25) is 0 Å². The maximum Gasteiger partial charge on any atom is 0.305 e. The number of ether oxygens (including phenoxy) is 2. The van der Waals surface area contributed by atoms with E-state index in [1.54, 1.807) is 0 Å². The predicted octanol–water partition coefficient (Wildman–Crippen LogP) is 15.1. The van der Waals surface area contributed by atoms with Gasteiger partial charge in [0.2, 0.25) is 0 Å². The predicted molar refractivity (Wildman–Crippen MR) is 242 cm³/mol. The van der Waals surface area contributed by atoms with Crippen LogP contribution in [0.25, 0.3) is 0 Å². The van der Waals surface area contributed by atoms with Gasteiger partial charge in [-0.15, -0.1) is 0 Å². The lowest BCUT2D eigenvalue weighted by atomic mass is 9.90. The second kappa shape index (κ2) is 45.0. The summed E-state index contributed by atoms with van der Waals surface area (Å²) >= 11 is 0. The molecule has 1 atom stereocenters. The Balaban J connectivity index is 0.00000974. The molecule has 0 saturated carbocycles. The molecule has 56 heavy (non-hydrogen) atoms. The summed E-state index contributed by atoms with van der Waals surface area (Å²) in [6, 6.07) is 0. The molecule has 6 heteroatoms. The van der Waals surface area contributed by atoms with E-state index in [4.69, 9.17) is 19.4 Å². The number of hydrogen-bond donors (Lipinski definition) is 1. The van der Waals surface area contributed by atoms with Crippen LogP contribution < -0.4 is 0 Å². The van der Waals surface area contributed by atoms with Gasteiger partial charge in [-0.25, -0.2) is 0 Å². The maximum absolute atomic E-state index is 12.4. The zero-order valence-electron chi connectivity index (χ0n) is 38.3. The Morgan fingerprint density at radius 1 is 0.518 bits per heavy atom. The molecule has 1 fully saturated rings. The van der Waals surface area contributed by atoms with E-state index in [2.05, 4.69) is 32.6 Å². The van der Waals surface area contributed by atoms with Gasteiger partial charge in [0.1, 0.15) is 0 Å². The van der Waals surface area contributed by atoms with E-state index in [0.29, 0.717) is 13.0 Å². The molecule has 1 aliphatic rings. The summed E-state index contributed by atoms with van der Waals surface area (Å²) in [5, 5.41) is 6.89. The van der Waals surface area contributed by atoms with Crippen molar-refractivity contribution in [1.82, 2.24) is 4.90 Å². The average Bonchev–Trinajstić information content (AvgIpc) is 3.20. The lowest BCUT2D eigenvalue weighted by molar-refractivity contribution is -0.144. The third-order valence-electron chi connectivity index (χ3n) is 12.5. The highest BCUT2D eigenvalue weighted by Gasteiger charge is 2.17. The quantitative estimate of drug-likeness (QED) is 0.0377. The molecule has 1 rings (SSSR count). The van der Waals surface area contributed by atoms with E-state index in [1.807, 2.05) is 0 Å². The summed E-state index contributed by atoms with van der Waals surface area (Å²) in [6.07, 6.45) is 47.0. The first-order valence-electron chi connectivity index (χ1n) is 25.1. The second-order valence-corrected chi connectivity index (χ2v) is 17.7. The fourth-order valence-electron chi connectivity index (χ4n) is 8.82. The summed E-state index contributed by atoms with van der Waals surface area (Å²) in [5.41, 5.74) is 0. The Bertz CT molecular complexity index is 767. The van der Waals surface area contributed by atoms with Crippen LogP contribution >= 0.6 is 0 Å². The minimum absolute atomic E-state index is 0.0338. The summed E-state index contributed by atoms with van der Waals surface area (Å²) in [7, 11) is 0. The molecule has 0 radical (unpaired) electrons. The summed E-state index contributed by atoms with van der Waals surface area (Å²) in [4.78, 5) is 23.4. The molecular weight excluding hydrogens is 695 g/mol. The average molecular weight is 794 g/mol. The number of carbonyl (C=O) groups excluding carboxylic acids is 1. The molecule has 0 aromatic rings. The number of morpholine rings is 1. The van der Waals surface area contributed by atoms with Crippen molar-refractivity contribution in [3.05, 3.63) is 0 Å². The van der Waals surface area contributed by atoms with Gasteiger partial charge < -0.3 is 14.6 Å². The first-order chi connectivity index (χ1) is 27.5. The number of nitrogens with zero attached hydrogens (tertiary/aromatic N) is 1. The van der Waals surface area contributed by atoms with Crippen molar-refractivity contribution >= 4 is 12.4 Å². The Labute approximate surface area is 350 Å². The van der Waals surface area contributed by atoms with E-state index in [0.717, 1.165) is 56.9 Å². The first-order valence-corrected chi connectivity index (χ1v) is 25.1. The second-order valence-electron chi connectivity index (χ2n) is 17.7. The molecule has 1 saturated heterocycles. The molecule has 1 heterocycles. The van der Waals surface area contributed by atoms with E-state index >= 15 is 0 Å². The number of carboxylic acid groups (broad SMARTS) is 1. The molecule has 1 N–H and O–H groups in total. The molecule has 0 amide bonds. The van der Waals surface area contributed by atoms with Crippen LogP contribution in [0.4, 0.5) is 0 Å². The minimum atomic E-state index is -0.250. The van der Waals surface area contributed by atoms with E-state index < -0.39 is 0 Å². The number of hydrogen-bond acceptors (Lipinski definition) is 5. The Morgan fingerprint density at radius 3 is 1.23 bits per heavy atom. The monoisotopic (exact) mass is 794 g/mol. The van der Waals surface area contributed by atoms with Crippen molar-refractivity contribution in [3.8, 4) is 0 Å². The molecule has 334 valence electrons. The number of rotatable bonds is 41. The van der Waals surface area contributed by atoms with Gasteiger partial charge in [-0.2, -0.15) is 0 Å². The van der Waals surface area contributed by atoms with Crippen LogP contribution in [0.1, 0.15) is 252 Å². The topological polar surface area (TPSA) is 76.1 Å². The highest BCUT2D eigenvalue weighted by molar-refractivity contribution is 5.69. The van der Waals surface area contributed by atoms with Crippen molar-refractivity contribution < 1.29 is 24.2 Å². The normalized spacial score (nSPS) is 13.9. The van der Waals surface area contributed by atoms with Gasteiger partial charge in [0.25, 0.3) is 6.47 Å². The van der Waals surface area contributed by atoms with Crippen molar-refractivity contribution in [1.29, 1.82) is 0 Å². The largest absolute Gasteiger partial charge is 0.483 e. The molecule has 0 bridgehead atoms. The van der Waals surface area contributed by atoms with Crippen molar-refractivity contribution in [3.63, 3.8) is 0 Å². The Morgan fingerprint density at radius 2 is 0.839 bits per heavy atom.